The average molecular weight is 357 g/mol. The van der Waals surface area contributed by atoms with E-state index in [9.17, 15) is 14.4 Å². The van der Waals surface area contributed by atoms with E-state index in [1.54, 1.807) is 45.0 Å². The van der Waals surface area contributed by atoms with Crippen LogP contribution in [0, 0.1) is 24.2 Å². The summed E-state index contributed by atoms with van der Waals surface area (Å²) < 4.78 is 4.98. The van der Waals surface area contributed by atoms with Crippen molar-refractivity contribution in [2.75, 3.05) is 6.61 Å². The summed E-state index contributed by atoms with van der Waals surface area (Å²) in [7, 11) is 0. The quantitative estimate of drug-likeness (QED) is 0.434. The molecule has 0 aliphatic carbocycles. The van der Waals surface area contributed by atoms with Crippen molar-refractivity contribution < 1.29 is 19.1 Å². The van der Waals surface area contributed by atoms with Crippen LogP contribution in [0.5, 0.6) is 0 Å². The van der Waals surface area contributed by atoms with Gasteiger partial charge in [-0.1, -0.05) is 32.0 Å². The van der Waals surface area contributed by atoms with E-state index in [1.165, 1.54) is 6.92 Å². The summed E-state index contributed by atoms with van der Waals surface area (Å²) in [6, 6.07) is 7.75. The SMILES string of the molecule is C/C(N)=C(/C#N)C(=O)COC(=O)C(NC(=O)c1ccccc1C)C(C)C. The standard InChI is InChI=1S/C19H23N3O4/c1-11(2)17(22-18(24)14-8-6-5-7-12(14)3)19(25)26-10-16(23)15(9-20)13(4)21/h5-8,11,17H,10,21H2,1-4H3,(H,22,24)/b15-13+. The number of aryl methyl sites for hydroxylation is 1. The minimum atomic E-state index is -0.927. The van der Waals surface area contributed by atoms with Crippen LogP contribution in [0.15, 0.2) is 35.5 Å². The highest BCUT2D eigenvalue weighted by atomic mass is 16.5. The van der Waals surface area contributed by atoms with Crippen LogP contribution in [-0.2, 0) is 14.3 Å². The zero-order valence-electron chi connectivity index (χ0n) is 15.3. The van der Waals surface area contributed by atoms with E-state index in [1.807, 2.05) is 6.07 Å². The Kier molecular flexibility index (Phi) is 7.53. The van der Waals surface area contributed by atoms with Crippen LogP contribution in [-0.4, -0.2) is 30.3 Å². The summed E-state index contributed by atoms with van der Waals surface area (Å²) in [5.41, 5.74) is 6.49. The fraction of sp³-hybridized carbons (Fsp3) is 0.368. The van der Waals surface area contributed by atoms with Gasteiger partial charge in [-0.05, 0) is 31.4 Å². The first-order valence-corrected chi connectivity index (χ1v) is 8.11. The van der Waals surface area contributed by atoms with E-state index in [-0.39, 0.29) is 17.2 Å². The van der Waals surface area contributed by atoms with Crippen molar-refractivity contribution in [1.29, 1.82) is 5.26 Å². The predicted molar refractivity (Wildman–Crippen MR) is 95.7 cm³/mol. The van der Waals surface area contributed by atoms with E-state index in [2.05, 4.69) is 5.32 Å². The van der Waals surface area contributed by atoms with Gasteiger partial charge in [0.1, 0.15) is 17.7 Å². The first-order chi connectivity index (χ1) is 12.2. The molecule has 0 fully saturated rings. The van der Waals surface area contributed by atoms with E-state index in [4.69, 9.17) is 15.7 Å². The first-order valence-electron chi connectivity index (χ1n) is 8.11. The molecule has 0 radical (unpaired) electrons. The number of allylic oxidation sites excluding steroid dienone is 1. The molecule has 1 rings (SSSR count). The Morgan fingerprint density at radius 1 is 1.27 bits per heavy atom. The number of rotatable bonds is 7. The van der Waals surface area contributed by atoms with Gasteiger partial charge in [0, 0.05) is 11.3 Å². The van der Waals surface area contributed by atoms with Crippen LogP contribution in [0.4, 0.5) is 0 Å². The third kappa shape index (κ3) is 5.45. The molecule has 1 aromatic rings. The Balaban J connectivity index is 2.81. The minimum absolute atomic E-state index is 0.0572. The molecule has 138 valence electrons. The highest BCUT2D eigenvalue weighted by Gasteiger charge is 2.27. The van der Waals surface area contributed by atoms with Gasteiger partial charge in [-0.2, -0.15) is 5.26 Å². The van der Waals surface area contributed by atoms with Gasteiger partial charge in [0.05, 0.1) is 0 Å². The second-order valence-corrected chi connectivity index (χ2v) is 6.21. The first kappa shape index (κ1) is 20.9. The van der Waals surface area contributed by atoms with Gasteiger partial charge >= 0.3 is 5.97 Å². The Morgan fingerprint density at radius 2 is 1.88 bits per heavy atom. The number of hydrogen-bond donors (Lipinski definition) is 2. The summed E-state index contributed by atoms with van der Waals surface area (Å²) in [6.07, 6.45) is 0. The highest BCUT2D eigenvalue weighted by Crippen LogP contribution is 2.10. The lowest BCUT2D eigenvalue weighted by Gasteiger charge is -2.21. The van der Waals surface area contributed by atoms with Crippen molar-refractivity contribution in [2.45, 2.75) is 33.7 Å². The molecule has 1 aromatic carbocycles. The van der Waals surface area contributed by atoms with Gasteiger partial charge in [0.25, 0.3) is 5.91 Å². The molecular weight excluding hydrogens is 334 g/mol. The Morgan fingerprint density at radius 3 is 2.38 bits per heavy atom. The molecule has 26 heavy (non-hydrogen) atoms. The molecule has 7 nitrogen and oxygen atoms in total. The third-order valence-electron chi connectivity index (χ3n) is 3.73. The van der Waals surface area contributed by atoms with Crippen molar-refractivity contribution in [3.05, 3.63) is 46.7 Å². The summed E-state index contributed by atoms with van der Waals surface area (Å²) in [5, 5.41) is 11.5. The molecule has 0 aliphatic heterocycles. The van der Waals surface area contributed by atoms with E-state index in [0.29, 0.717) is 5.56 Å². The fourth-order valence-corrected chi connectivity index (χ4v) is 2.21. The lowest BCUT2D eigenvalue weighted by molar-refractivity contribution is -0.150. The maximum atomic E-state index is 12.4. The molecule has 1 amide bonds. The number of hydrogen-bond acceptors (Lipinski definition) is 6. The van der Waals surface area contributed by atoms with E-state index >= 15 is 0 Å². The maximum Gasteiger partial charge on any atom is 0.329 e. The molecule has 0 aromatic heterocycles. The van der Waals surface area contributed by atoms with Gasteiger partial charge in [-0.3, -0.25) is 9.59 Å². The van der Waals surface area contributed by atoms with Gasteiger partial charge in [0.15, 0.2) is 6.61 Å². The van der Waals surface area contributed by atoms with Crippen LogP contribution < -0.4 is 11.1 Å². The molecule has 7 heteroatoms. The van der Waals surface area contributed by atoms with Crippen molar-refractivity contribution in [3.8, 4) is 6.07 Å². The number of nitrogens with one attached hydrogen (secondary N) is 1. The number of benzene rings is 1. The molecule has 0 aliphatic rings. The average Bonchev–Trinajstić information content (AvgIpc) is 2.57. The number of nitriles is 1. The van der Waals surface area contributed by atoms with Gasteiger partial charge in [-0.15, -0.1) is 0 Å². The second kappa shape index (κ2) is 9.37. The second-order valence-electron chi connectivity index (χ2n) is 6.21. The van der Waals surface area contributed by atoms with Crippen LogP contribution in [0.25, 0.3) is 0 Å². The van der Waals surface area contributed by atoms with Gasteiger partial charge in [0.2, 0.25) is 5.78 Å². The Labute approximate surface area is 152 Å². The Hall–Kier alpha value is -3.14. The lowest BCUT2D eigenvalue weighted by atomic mass is 10.0. The largest absolute Gasteiger partial charge is 0.456 e. The summed E-state index contributed by atoms with van der Waals surface area (Å²) >= 11 is 0. The summed E-state index contributed by atoms with van der Waals surface area (Å²) in [6.45, 7) is 6.09. The van der Waals surface area contributed by atoms with Crippen LogP contribution in [0.1, 0.15) is 36.7 Å². The van der Waals surface area contributed by atoms with Gasteiger partial charge in [-0.25, -0.2) is 4.79 Å². The molecule has 0 saturated heterocycles. The number of ketones is 1. The minimum Gasteiger partial charge on any atom is -0.456 e. The number of nitrogens with zero attached hydrogens (tertiary/aromatic N) is 1. The number of ether oxygens (including phenoxy) is 1. The molecule has 0 saturated carbocycles. The Bertz CT molecular complexity index is 771. The lowest BCUT2D eigenvalue weighted by Crippen LogP contribution is -2.46. The number of nitrogens with two attached hydrogens (primary N) is 1. The molecule has 0 heterocycles. The molecule has 3 N–H and O–H groups in total. The van der Waals surface area contributed by atoms with Crippen molar-refractivity contribution >= 4 is 17.7 Å². The molecule has 1 atom stereocenters. The number of carbonyl (C=O) groups is 3. The summed E-state index contributed by atoms with van der Waals surface area (Å²) in [5.74, 6) is -2.09. The predicted octanol–water partition coefficient (Wildman–Crippen LogP) is 1.62. The number of esters is 1. The van der Waals surface area contributed by atoms with Crippen LogP contribution in [0.3, 0.4) is 0 Å². The topological polar surface area (TPSA) is 122 Å². The molecule has 1 unspecified atom stereocenters. The highest BCUT2D eigenvalue weighted by molar-refractivity contribution is 6.02. The van der Waals surface area contributed by atoms with Crippen molar-refractivity contribution in [1.82, 2.24) is 5.32 Å². The smallest absolute Gasteiger partial charge is 0.329 e. The normalized spacial score (nSPS) is 12.6. The zero-order chi connectivity index (χ0) is 19.9. The van der Waals surface area contributed by atoms with Crippen molar-refractivity contribution in [2.24, 2.45) is 11.7 Å². The fourth-order valence-electron chi connectivity index (χ4n) is 2.21. The zero-order valence-corrected chi connectivity index (χ0v) is 15.3. The third-order valence-corrected chi connectivity index (χ3v) is 3.73. The molecule has 0 spiro atoms. The van der Waals surface area contributed by atoms with Crippen LogP contribution in [0.2, 0.25) is 0 Å². The maximum absolute atomic E-state index is 12.4. The monoisotopic (exact) mass is 357 g/mol. The number of carbonyl (C=O) groups excluding carboxylic acids is 3. The van der Waals surface area contributed by atoms with E-state index in [0.717, 1.165) is 5.56 Å². The van der Waals surface area contributed by atoms with Crippen molar-refractivity contribution in [3.63, 3.8) is 0 Å². The van der Waals surface area contributed by atoms with Crippen LogP contribution >= 0.6 is 0 Å². The number of Topliss-reactive ketones (excluding diaryl/α,β-unsaturated/α-hetero) is 1. The summed E-state index contributed by atoms with van der Waals surface area (Å²) in [4.78, 5) is 36.6. The number of amides is 1. The van der Waals surface area contributed by atoms with E-state index < -0.39 is 30.3 Å². The molecule has 0 bridgehead atoms. The van der Waals surface area contributed by atoms with Gasteiger partial charge < -0.3 is 15.8 Å². The molecular formula is C19H23N3O4.